The monoisotopic (exact) mass is 288 g/mol. The van der Waals surface area contributed by atoms with Crippen molar-refractivity contribution in [3.63, 3.8) is 0 Å². The largest absolute Gasteiger partial charge is 0.238 e. The summed E-state index contributed by atoms with van der Waals surface area (Å²) in [6.07, 6.45) is 2.47. The predicted octanol–water partition coefficient (Wildman–Crippen LogP) is 4.09. The highest BCUT2D eigenvalue weighted by Gasteiger charge is 2.27. The molecule has 0 aliphatic heterocycles. The summed E-state index contributed by atoms with van der Waals surface area (Å²) in [6, 6.07) is 10.3. The first-order valence-electron chi connectivity index (χ1n) is 5.84. The Labute approximate surface area is 109 Å². The lowest BCUT2D eigenvalue weighted by Gasteiger charge is -2.05. The first-order chi connectivity index (χ1) is 8.22. The van der Waals surface area contributed by atoms with Crippen molar-refractivity contribution in [2.45, 2.75) is 25.7 Å². The van der Waals surface area contributed by atoms with Crippen LogP contribution in [0.4, 0.5) is 0 Å². The van der Waals surface area contributed by atoms with Crippen LogP contribution in [0.3, 0.4) is 0 Å². The fourth-order valence-electron chi connectivity index (χ4n) is 1.91. The standard InChI is InChI=1S/C14H13BrN2/c1-9-7-13(11-3-2-4-12(15)8-11)17-14(16-9)10-5-6-10/h2-4,7-8,10H,5-6H2,1H3. The topological polar surface area (TPSA) is 25.8 Å². The van der Waals surface area contributed by atoms with Gasteiger partial charge in [-0.05, 0) is 38.0 Å². The van der Waals surface area contributed by atoms with E-state index in [-0.39, 0.29) is 0 Å². The second-order valence-electron chi connectivity index (χ2n) is 4.54. The average Bonchev–Trinajstić information content (AvgIpc) is 3.12. The number of halogens is 1. The molecule has 3 heteroatoms. The van der Waals surface area contributed by atoms with E-state index in [4.69, 9.17) is 0 Å². The fourth-order valence-corrected chi connectivity index (χ4v) is 2.31. The SMILES string of the molecule is Cc1cc(-c2cccc(Br)c2)nc(C2CC2)n1. The van der Waals surface area contributed by atoms with E-state index in [0.717, 1.165) is 27.2 Å². The Morgan fingerprint density at radius 1 is 1.18 bits per heavy atom. The van der Waals surface area contributed by atoms with Crippen LogP contribution >= 0.6 is 15.9 Å². The second-order valence-corrected chi connectivity index (χ2v) is 5.45. The molecular weight excluding hydrogens is 276 g/mol. The number of benzene rings is 1. The third-order valence-corrected chi connectivity index (χ3v) is 3.43. The van der Waals surface area contributed by atoms with Crippen molar-refractivity contribution in [3.8, 4) is 11.3 Å². The molecule has 1 aromatic heterocycles. The summed E-state index contributed by atoms with van der Waals surface area (Å²) < 4.78 is 1.08. The van der Waals surface area contributed by atoms with Crippen LogP contribution in [-0.2, 0) is 0 Å². The smallest absolute Gasteiger partial charge is 0.132 e. The highest BCUT2D eigenvalue weighted by molar-refractivity contribution is 9.10. The molecule has 2 nitrogen and oxygen atoms in total. The van der Waals surface area contributed by atoms with E-state index >= 15 is 0 Å². The van der Waals surface area contributed by atoms with Crippen LogP contribution in [-0.4, -0.2) is 9.97 Å². The molecule has 17 heavy (non-hydrogen) atoms. The van der Waals surface area contributed by atoms with E-state index in [1.54, 1.807) is 0 Å². The molecule has 0 N–H and O–H groups in total. The Kier molecular flexibility index (Phi) is 2.71. The summed E-state index contributed by atoms with van der Waals surface area (Å²) in [5.74, 6) is 1.61. The van der Waals surface area contributed by atoms with Crippen molar-refractivity contribution in [3.05, 3.63) is 46.3 Å². The van der Waals surface area contributed by atoms with Gasteiger partial charge in [-0.25, -0.2) is 9.97 Å². The number of rotatable bonds is 2. The van der Waals surface area contributed by atoms with Gasteiger partial charge in [0.1, 0.15) is 5.82 Å². The van der Waals surface area contributed by atoms with Gasteiger partial charge in [-0.1, -0.05) is 28.1 Å². The van der Waals surface area contributed by atoms with Crippen LogP contribution in [0.5, 0.6) is 0 Å². The Balaban J connectivity index is 2.07. The van der Waals surface area contributed by atoms with Gasteiger partial charge in [-0.2, -0.15) is 0 Å². The molecule has 1 heterocycles. The lowest BCUT2D eigenvalue weighted by atomic mass is 10.1. The van der Waals surface area contributed by atoms with Crippen LogP contribution in [0.25, 0.3) is 11.3 Å². The van der Waals surface area contributed by atoms with E-state index in [1.165, 1.54) is 12.8 Å². The first-order valence-corrected chi connectivity index (χ1v) is 6.63. The predicted molar refractivity (Wildman–Crippen MR) is 71.9 cm³/mol. The van der Waals surface area contributed by atoms with Crippen LogP contribution in [0.1, 0.15) is 30.3 Å². The Bertz CT molecular complexity index is 562. The Hall–Kier alpha value is -1.22. The normalized spacial score (nSPS) is 14.9. The molecule has 1 aliphatic carbocycles. The minimum atomic E-state index is 0.598. The highest BCUT2D eigenvalue weighted by Crippen LogP contribution is 2.38. The van der Waals surface area contributed by atoms with E-state index in [0.29, 0.717) is 5.92 Å². The number of aromatic nitrogens is 2. The maximum atomic E-state index is 4.68. The maximum absolute atomic E-state index is 4.68. The molecule has 1 saturated carbocycles. The lowest BCUT2D eigenvalue weighted by Crippen LogP contribution is -1.97. The van der Waals surface area contributed by atoms with Crippen molar-refractivity contribution in [2.24, 2.45) is 0 Å². The number of nitrogens with zero attached hydrogens (tertiary/aromatic N) is 2. The molecular formula is C14H13BrN2. The molecule has 86 valence electrons. The zero-order valence-corrected chi connectivity index (χ0v) is 11.2. The van der Waals surface area contributed by atoms with Crippen molar-refractivity contribution in [1.29, 1.82) is 0 Å². The number of hydrogen-bond donors (Lipinski definition) is 0. The molecule has 0 amide bonds. The fraction of sp³-hybridized carbons (Fsp3) is 0.286. The molecule has 1 aromatic carbocycles. The van der Waals surface area contributed by atoms with Gasteiger partial charge < -0.3 is 0 Å². The summed E-state index contributed by atoms with van der Waals surface area (Å²) in [4.78, 5) is 9.20. The molecule has 0 spiro atoms. The van der Waals surface area contributed by atoms with Crippen LogP contribution < -0.4 is 0 Å². The van der Waals surface area contributed by atoms with E-state index in [2.05, 4.69) is 38.0 Å². The van der Waals surface area contributed by atoms with Crippen molar-refractivity contribution < 1.29 is 0 Å². The maximum Gasteiger partial charge on any atom is 0.132 e. The summed E-state index contributed by atoms with van der Waals surface area (Å²) in [7, 11) is 0. The second kappa shape index (κ2) is 4.22. The van der Waals surface area contributed by atoms with Crippen LogP contribution in [0.2, 0.25) is 0 Å². The zero-order valence-electron chi connectivity index (χ0n) is 9.65. The molecule has 1 fully saturated rings. The van der Waals surface area contributed by atoms with Crippen LogP contribution in [0.15, 0.2) is 34.8 Å². The van der Waals surface area contributed by atoms with Gasteiger partial charge in [0.25, 0.3) is 0 Å². The summed E-state index contributed by atoms with van der Waals surface area (Å²) >= 11 is 3.49. The summed E-state index contributed by atoms with van der Waals surface area (Å²) in [5, 5.41) is 0. The van der Waals surface area contributed by atoms with E-state index in [9.17, 15) is 0 Å². The average molecular weight is 289 g/mol. The van der Waals surface area contributed by atoms with Crippen molar-refractivity contribution in [1.82, 2.24) is 9.97 Å². The molecule has 2 aromatic rings. The van der Waals surface area contributed by atoms with Gasteiger partial charge in [-0.15, -0.1) is 0 Å². The minimum Gasteiger partial charge on any atom is -0.238 e. The number of aryl methyl sites for hydroxylation is 1. The molecule has 3 rings (SSSR count). The molecule has 0 saturated heterocycles. The summed E-state index contributed by atoms with van der Waals surface area (Å²) in [5.41, 5.74) is 3.23. The quantitative estimate of drug-likeness (QED) is 0.832. The number of hydrogen-bond acceptors (Lipinski definition) is 2. The lowest BCUT2D eigenvalue weighted by molar-refractivity contribution is 0.910. The molecule has 0 bridgehead atoms. The molecule has 0 unspecified atom stereocenters. The third-order valence-electron chi connectivity index (χ3n) is 2.93. The van der Waals surface area contributed by atoms with Gasteiger partial charge in [0.05, 0.1) is 5.69 Å². The van der Waals surface area contributed by atoms with E-state index < -0.39 is 0 Å². The molecule has 0 radical (unpaired) electrons. The van der Waals surface area contributed by atoms with Gasteiger partial charge in [-0.3, -0.25) is 0 Å². The zero-order chi connectivity index (χ0) is 11.8. The van der Waals surface area contributed by atoms with Crippen molar-refractivity contribution in [2.75, 3.05) is 0 Å². The first kappa shape index (κ1) is 10.9. The van der Waals surface area contributed by atoms with E-state index in [1.807, 2.05) is 25.1 Å². The van der Waals surface area contributed by atoms with Gasteiger partial charge in [0.2, 0.25) is 0 Å². The Morgan fingerprint density at radius 2 is 2.00 bits per heavy atom. The van der Waals surface area contributed by atoms with Gasteiger partial charge in [0, 0.05) is 21.6 Å². The summed E-state index contributed by atoms with van der Waals surface area (Å²) in [6.45, 7) is 2.04. The minimum absolute atomic E-state index is 0.598. The van der Waals surface area contributed by atoms with Gasteiger partial charge in [0.15, 0.2) is 0 Å². The van der Waals surface area contributed by atoms with Gasteiger partial charge >= 0.3 is 0 Å². The molecule has 1 aliphatic rings. The molecule has 0 atom stereocenters. The van der Waals surface area contributed by atoms with Crippen molar-refractivity contribution >= 4 is 15.9 Å². The Morgan fingerprint density at radius 3 is 2.71 bits per heavy atom. The van der Waals surface area contributed by atoms with Crippen LogP contribution in [0, 0.1) is 6.92 Å². The highest BCUT2D eigenvalue weighted by atomic mass is 79.9. The third kappa shape index (κ3) is 2.39.